The minimum Gasteiger partial charge on any atom is -0.393 e. The van der Waals surface area contributed by atoms with Crippen molar-refractivity contribution in [3.63, 3.8) is 0 Å². The maximum Gasteiger partial charge on any atom is 0.0590 e. The van der Waals surface area contributed by atoms with Gasteiger partial charge in [0.15, 0.2) is 0 Å². The zero-order chi connectivity index (χ0) is 11.5. The lowest BCUT2D eigenvalue weighted by molar-refractivity contribution is 0.0192. The molecule has 1 fully saturated rings. The first-order valence-corrected chi connectivity index (χ1v) is 6.11. The van der Waals surface area contributed by atoms with Crippen LogP contribution < -0.4 is 5.73 Å². The Kier molecular flexibility index (Phi) is 4.56. The van der Waals surface area contributed by atoms with E-state index in [9.17, 15) is 5.11 Å². The first-order valence-electron chi connectivity index (χ1n) is 6.11. The van der Waals surface area contributed by atoms with Crippen molar-refractivity contribution in [2.24, 2.45) is 17.1 Å². The molecule has 1 aliphatic heterocycles. The average molecular weight is 214 g/mol. The molecule has 0 spiro atoms. The molecule has 0 radical (unpaired) electrons. The Labute approximate surface area is 93.6 Å². The summed E-state index contributed by atoms with van der Waals surface area (Å²) in [7, 11) is 0. The molecule has 0 amide bonds. The van der Waals surface area contributed by atoms with E-state index < -0.39 is 0 Å². The molecule has 1 saturated heterocycles. The molecular formula is C12H26N2O. The number of hydrogen-bond donors (Lipinski definition) is 2. The first-order chi connectivity index (χ1) is 7.00. The van der Waals surface area contributed by atoms with Gasteiger partial charge in [0.05, 0.1) is 6.10 Å². The van der Waals surface area contributed by atoms with E-state index in [0.29, 0.717) is 5.92 Å². The number of nitrogens with two attached hydrogens (primary N) is 1. The second-order valence-electron chi connectivity index (χ2n) is 5.44. The van der Waals surface area contributed by atoms with Crippen LogP contribution in [-0.4, -0.2) is 42.3 Å². The van der Waals surface area contributed by atoms with Gasteiger partial charge in [0.2, 0.25) is 0 Å². The lowest BCUT2D eigenvalue weighted by atomic mass is 9.85. The molecule has 90 valence electrons. The molecule has 1 aliphatic rings. The lowest BCUT2D eigenvalue weighted by Crippen LogP contribution is -2.47. The topological polar surface area (TPSA) is 49.5 Å². The smallest absolute Gasteiger partial charge is 0.0590 e. The molecule has 3 heteroatoms. The summed E-state index contributed by atoms with van der Waals surface area (Å²) in [5.74, 6) is 0.401. The third-order valence-electron chi connectivity index (χ3n) is 3.90. The molecule has 3 nitrogen and oxygen atoms in total. The third kappa shape index (κ3) is 3.44. The van der Waals surface area contributed by atoms with E-state index in [1.807, 2.05) is 0 Å². The zero-order valence-corrected chi connectivity index (χ0v) is 10.4. The van der Waals surface area contributed by atoms with E-state index in [-0.39, 0.29) is 11.5 Å². The standard InChI is InChI=1S/C12H26N2O/c1-4-12(3,8-13)9-14-6-5-11(15)10(2)7-14/h10-11,15H,4-9,13H2,1-3H3. The van der Waals surface area contributed by atoms with Crippen LogP contribution in [-0.2, 0) is 0 Å². The van der Waals surface area contributed by atoms with Gasteiger partial charge in [0.1, 0.15) is 0 Å². The summed E-state index contributed by atoms with van der Waals surface area (Å²) in [5, 5.41) is 9.66. The number of nitrogens with zero attached hydrogens (tertiary/aromatic N) is 1. The maximum absolute atomic E-state index is 9.66. The van der Waals surface area contributed by atoms with Gasteiger partial charge in [-0.25, -0.2) is 0 Å². The Morgan fingerprint density at radius 1 is 1.53 bits per heavy atom. The van der Waals surface area contributed by atoms with E-state index in [0.717, 1.165) is 39.0 Å². The largest absolute Gasteiger partial charge is 0.393 e. The summed E-state index contributed by atoms with van der Waals surface area (Å²) in [6.07, 6.45) is 1.93. The number of hydrogen-bond acceptors (Lipinski definition) is 3. The fourth-order valence-corrected chi connectivity index (χ4v) is 2.22. The summed E-state index contributed by atoms with van der Waals surface area (Å²) in [4.78, 5) is 2.45. The summed E-state index contributed by atoms with van der Waals surface area (Å²) in [5.41, 5.74) is 6.06. The molecule has 0 aromatic rings. The molecule has 3 N–H and O–H groups in total. The van der Waals surface area contributed by atoms with Gasteiger partial charge in [-0.1, -0.05) is 20.8 Å². The quantitative estimate of drug-likeness (QED) is 0.736. The van der Waals surface area contributed by atoms with Crippen molar-refractivity contribution in [3.05, 3.63) is 0 Å². The Morgan fingerprint density at radius 3 is 2.67 bits per heavy atom. The summed E-state index contributed by atoms with van der Waals surface area (Å²) in [6.45, 7) is 10.4. The SMILES string of the molecule is CCC(C)(CN)CN1CCC(O)C(C)C1. The number of aliphatic hydroxyl groups excluding tert-OH is 1. The zero-order valence-electron chi connectivity index (χ0n) is 10.4. The van der Waals surface area contributed by atoms with Crippen molar-refractivity contribution >= 4 is 0 Å². The fourth-order valence-electron chi connectivity index (χ4n) is 2.22. The third-order valence-corrected chi connectivity index (χ3v) is 3.90. The number of rotatable bonds is 4. The van der Waals surface area contributed by atoms with Crippen molar-refractivity contribution in [3.8, 4) is 0 Å². The average Bonchev–Trinajstić information content (AvgIpc) is 2.23. The van der Waals surface area contributed by atoms with Gasteiger partial charge >= 0.3 is 0 Å². The first kappa shape index (κ1) is 12.9. The summed E-state index contributed by atoms with van der Waals surface area (Å²) in [6, 6.07) is 0. The minimum atomic E-state index is -0.105. The van der Waals surface area contributed by atoms with E-state index in [2.05, 4.69) is 25.7 Å². The molecule has 0 saturated carbocycles. The van der Waals surface area contributed by atoms with Crippen LogP contribution in [0.4, 0.5) is 0 Å². The van der Waals surface area contributed by atoms with Crippen LogP contribution in [0.2, 0.25) is 0 Å². The molecule has 1 heterocycles. The maximum atomic E-state index is 9.66. The van der Waals surface area contributed by atoms with Crippen LogP contribution in [0, 0.1) is 11.3 Å². The minimum absolute atomic E-state index is 0.105. The van der Waals surface area contributed by atoms with Gasteiger partial charge < -0.3 is 15.7 Å². The highest BCUT2D eigenvalue weighted by molar-refractivity contribution is 4.83. The predicted octanol–water partition coefficient (Wildman–Crippen LogP) is 1.06. The van der Waals surface area contributed by atoms with E-state index >= 15 is 0 Å². The summed E-state index contributed by atoms with van der Waals surface area (Å²) >= 11 is 0. The molecule has 0 aliphatic carbocycles. The number of aliphatic hydroxyl groups is 1. The lowest BCUT2D eigenvalue weighted by Gasteiger charge is -2.39. The van der Waals surface area contributed by atoms with Crippen molar-refractivity contribution in [2.75, 3.05) is 26.2 Å². The van der Waals surface area contributed by atoms with Crippen LogP contribution in [0.5, 0.6) is 0 Å². The molecule has 3 atom stereocenters. The van der Waals surface area contributed by atoms with Crippen LogP contribution in [0.15, 0.2) is 0 Å². The van der Waals surface area contributed by atoms with E-state index in [1.165, 1.54) is 0 Å². The monoisotopic (exact) mass is 214 g/mol. The summed E-state index contributed by atoms with van der Waals surface area (Å²) < 4.78 is 0. The molecule has 3 unspecified atom stereocenters. The molecular weight excluding hydrogens is 188 g/mol. The van der Waals surface area contributed by atoms with Crippen LogP contribution in [0.1, 0.15) is 33.6 Å². The van der Waals surface area contributed by atoms with Crippen molar-refractivity contribution in [1.29, 1.82) is 0 Å². The van der Waals surface area contributed by atoms with Gasteiger partial charge in [-0.2, -0.15) is 0 Å². The van der Waals surface area contributed by atoms with Crippen LogP contribution in [0.3, 0.4) is 0 Å². The molecule has 15 heavy (non-hydrogen) atoms. The molecule has 0 bridgehead atoms. The highest BCUT2D eigenvalue weighted by atomic mass is 16.3. The normalized spacial score (nSPS) is 32.6. The molecule has 1 rings (SSSR count). The molecule has 0 aromatic heterocycles. The van der Waals surface area contributed by atoms with Crippen molar-refractivity contribution < 1.29 is 5.11 Å². The van der Waals surface area contributed by atoms with Gasteiger partial charge in [-0.05, 0) is 30.7 Å². The predicted molar refractivity (Wildman–Crippen MR) is 63.7 cm³/mol. The number of likely N-dealkylation sites (tertiary alicyclic amines) is 1. The Hall–Kier alpha value is -0.120. The second kappa shape index (κ2) is 5.28. The Morgan fingerprint density at radius 2 is 2.20 bits per heavy atom. The van der Waals surface area contributed by atoms with Gasteiger partial charge in [0.25, 0.3) is 0 Å². The van der Waals surface area contributed by atoms with Gasteiger partial charge in [-0.15, -0.1) is 0 Å². The van der Waals surface area contributed by atoms with Crippen molar-refractivity contribution in [1.82, 2.24) is 4.90 Å². The van der Waals surface area contributed by atoms with Crippen LogP contribution in [0.25, 0.3) is 0 Å². The fraction of sp³-hybridized carbons (Fsp3) is 1.00. The highest BCUT2D eigenvalue weighted by Gasteiger charge is 2.29. The number of piperidine rings is 1. The Balaban J connectivity index is 2.45. The van der Waals surface area contributed by atoms with Gasteiger partial charge in [-0.3, -0.25) is 0 Å². The van der Waals surface area contributed by atoms with E-state index in [4.69, 9.17) is 5.73 Å². The van der Waals surface area contributed by atoms with Crippen LogP contribution >= 0.6 is 0 Å². The molecule has 0 aromatic carbocycles. The van der Waals surface area contributed by atoms with Gasteiger partial charge in [0, 0.05) is 19.6 Å². The second-order valence-corrected chi connectivity index (χ2v) is 5.44. The Bertz CT molecular complexity index is 192. The van der Waals surface area contributed by atoms with E-state index in [1.54, 1.807) is 0 Å². The van der Waals surface area contributed by atoms with Crippen molar-refractivity contribution in [2.45, 2.75) is 39.7 Å². The highest BCUT2D eigenvalue weighted by Crippen LogP contribution is 2.24.